The molecule has 0 amide bonds. The molecular weight excluding hydrogens is 526 g/mol. The lowest BCUT2D eigenvalue weighted by molar-refractivity contribution is 0.462. The number of hydrogen-bond donors (Lipinski definition) is 0. The predicted molar refractivity (Wildman–Crippen MR) is 170 cm³/mol. The van der Waals surface area contributed by atoms with Gasteiger partial charge in [0.05, 0.1) is 17.3 Å². The highest BCUT2D eigenvalue weighted by Gasteiger charge is 2.51. The van der Waals surface area contributed by atoms with E-state index in [-0.39, 0.29) is 5.41 Å². The number of benzene rings is 5. The predicted octanol–water partition coefficient (Wildman–Crippen LogP) is 9.07. The molecule has 1 spiro atoms. The number of hydrogen-bond acceptors (Lipinski definition) is 3. The molecule has 5 aromatic carbocycles. The second-order valence-corrected chi connectivity index (χ2v) is 11.1. The Morgan fingerprint density at radius 2 is 1.19 bits per heavy atom. The van der Waals surface area contributed by atoms with Crippen molar-refractivity contribution < 1.29 is 4.74 Å². The Kier molecular flexibility index (Phi) is 5.08. The van der Waals surface area contributed by atoms with Crippen LogP contribution in [0.5, 0.6) is 11.6 Å². The molecule has 0 saturated carbocycles. The summed E-state index contributed by atoms with van der Waals surface area (Å²) in [6.07, 6.45) is 5.76. The van der Waals surface area contributed by atoms with Crippen molar-refractivity contribution in [2.24, 2.45) is 0 Å². The molecule has 7 aromatic rings. The van der Waals surface area contributed by atoms with Crippen molar-refractivity contribution in [2.75, 3.05) is 0 Å². The molecule has 0 saturated heterocycles. The summed E-state index contributed by atoms with van der Waals surface area (Å²) in [5.74, 6) is 1.27. The van der Waals surface area contributed by atoms with Crippen LogP contribution in [-0.4, -0.2) is 14.8 Å². The highest BCUT2D eigenvalue weighted by molar-refractivity contribution is 5.95. The van der Waals surface area contributed by atoms with Gasteiger partial charge < -0.3 is 4.74 Å². The van der Waals surface area contributed by atoms with Gasteiger partial charge >= 0.3 is 0 Å². The highest BCUT2D eigenvalue weighted by Crippen LogP contribution is 2.62. The van der Waals surface area contributed by atoms with Gasteiger partial charge in [0.1, 0.15) is 5.75 Å². The first-order valence-electron chi connectivity index (χ1n) is 14.5. The molecule has 2 aliphatic rings. The lowest BCUT2D eigenvalue weighted by Gasteiger charge is -2.30. The van der Waals surface area contributed by atoms with Gasteiger partial charge in [-0.3, -0.25) is 0 Å². The molecule has 0 bridgehead atoms. The molecule has 43 heavy (non-hydrogen) atoms. The molecule has 0 atom stereocenters. The summed E-state index contributed by atoms with van der Waals surface area (Å²) in [4.78, 5) is 4.28. The maximum atomic E-state index is 5.97. The van der Waals surface area contributed by atoms with E-state index in [0.29, 0.717) is 11.6 Å². The molecule has 2 aromatic heterocycles. The standard InChI is InChI=1S/C39H25N3O/c1-4-15-34-30(12-1)31-13-2-5-16-35(31)39(34)36-17-6-3-14-32(36)33-20-19-26(22-37(33)39)27-24-41-42(25-27)28-10-9-11-29(23-28)43-38-18-7-8-21-40-38/h1-25H. The van der Waals surface area contributed by atoms with Crippen LogP contribution in [0.1, 0.15) is 22.3 Å². The van der Waals surface area contributed by atoms with Crippen LogP contribution in [0, 0.1) is 0 Å². The lowest BCUT2D eigenvalue weighted by Crippen LogP contribution is -2.25. The van der Waals surface area contributed by atoms with Crippen molar-refractivity contribution in [3.05, 3.63) is 174 Å². The first kappa shape index (κ1) is 23.9. The minimum absolute atomic E-state index is 0.359. The van der Waals surface area contributed by atoms with Crippen LogP contribution >= 0.6 is 0 Å². The molecular formula is C39H25N3O. The lowest BCUT2D eigenvalue weighted by atomic mass is 9.70. The minimum Gasteiger partial charge on any atom is -0.439 e. The van der Waals surface area contributed by atoms with Gasteiger partial charge in [0, 0.05) is 30.1 Å². The van der Waals surface area contributed by atoms with Crippen LogP contribution in [-0.2, 0) is 5.41 Å². The quantitative estimate of drug-likeness (QED) is 0.219. The molecule has 202 valence electrons. The molecule has 9 rings (SSSR count). The normalized spacial score (nSPS) is 13.3. The molecule has 0 fully saturated rings. The van der Waals surface area contributed by atoms with E-state index < -0.39 is 0 Å². The van der Waals surface area contributed by atoms with Crippen molar-refractivity contribution in [1.29, 1.82) is 0 Å². The summed E-state index contributed by atoms with van der Waals surface area (Å²) in [5.41, 5.74) is 13.3. The summed E-state index contributed by atoms with van der Waals surface area (Å²) in [6.45, 7) is 0. The first-order chi connectivity index (χ1) is 21.3. The van der Waals surface area contributed by atoms with Crippen LogP contribution in [0.3, 0.4) is 0 Å². The fourth-order valence-electron chi connectivity index (χ4n) is 7.11. The molecule has 4 heteroatoms. The van der Waals surface area contributed by atoms with Gasteiger partial charge in [0.25, 0.3) is 0 Å². The van der Waals surface area contributed by atoms with E-state index in [2.05, 4.69) is 102 Å². The summed E-state index contributed by atoms with van der Waals surface area (Å²) in [7, 11) is 0. The number of rotatable bonds is 4. The average molecular weight is 552 g/mol. The van der Waals surface area contributed by atoms with E-state index in [1.165, 1.54) is 44.5 Å². The maximum absolute atomic E-state index is 5.97. The van der Waals surface area contributed by atoms with Gasteiger partial charge in [0.15, 0.2) is 0 Å². The number of fused-ring (bicyclic) bond motifs is 10. The minimum atomic E-state index is -0.359. The molecule has 0 N–H and O–H groups in total. The van der Waals surface area contributed by atoms with Crippen LogP contribution in [0.2, 0.25) is 0 Å². The van der Waals surface area contributed by atoms with E-state index in [1.54, 1.807) is 6.20 Å². The largest absolute Gasteiger partial charge is 0.439 e. The zero-order valence-corrected chi connectivity index (χ0v) is 23.2. The molecule has 2 aliphatic carbocycles. The van der Waals surface area contributed by atoms with E-state index in [0.717, 1.165) is 16.8 Å². The summed E-state index contributed by atoms with van der Waals surface area (Å²) in [5, 5.41) is 4.75. The van der Waals surface area contributed by atoms with Crippen molar-refractivity contribution in [3.8, 4) is 50.7 Å². The molecule has 0 unspecified atom stereocenters. The van der Waals surface area contributed by atoms with Gasteiger partial charge in [0.2, 0.25) is 5.88 Å². The Morgan fingerprint density at radius 3 is 1.86 bits per heavy atom. The number of aromatic nitrogens is 3. The Labute approximate surface area is 249 Å². The van der Waals surface area contributed by atoms with Gasteiger partial charge in [-0.15, -0.1) is 0 Å². The Hall–Kier alpha value is -5.74. The summed E-state index contributed by atoms with van der Waals surface area (Å²) >= 11 is 0. The second kappa shape index (κ2) is 9.13. The third-order valence-electron chi connectivity index (χ3n) is 8.86. The average Bonchev–Trinajstić information content (AvgIpc) is 3.76. The fourth-order valence-corrected chi connectivity index (χ4v) is 7.11. The van der Waals surface area contributed by atoms with Crippen molar-refractivity contribution in [2.45, 2.75) is 5.41 Å². The Balaban J connectivity index is 1.17. The fraction of sp³-hybridized carbons (Fsp3) is 0.0256. The van der Waals surface area contributed by atoms with E-state index in [9.17, 15) is 0 Å². The second-order valence-electron chi connectivity index (χ2n) is 11.1. The van der Waals surface area contributed by atoms with Crippen LogP contribution in [0.15, 0.2) is 152 Å². The molecule has 2 heterocycles. The highest BCUT2D eigenvalue weighted by atomic mass is 16.5. The van der Waals surface area contributed by atoms with Gasteiger partial charge in [-0.25, -0.2) is 9.67 Å². The SMILES string of the molecule is c1ccc(Oc2cccc(-n3cc(-c4ccc5c(c4)C4(c6ccccc6-c6ccccc64)c4ccccc4-5)cn3)c2)nc1. The van der Waals surface area contributed by atoms with Crippen molar-refractivity contribution in [1.82, 2.24) is 14.8 Å². The Morgan fingerprint density at radius 1 is 0.535 bits per heavy atom. The van der Waals surface area contributed by atoms with E-state index in [1.807, 2.05) is 53.3 Å². The molecule has 0 radical (unpaired) electrons. The first-order valence-corrected chi connectivity index (χ1v) is 14.5. The van der Waals surface area contributed by atoms with Gasteiger partial charge in [-0.1, -0.05) is 97.1 Å². The van der Waals surface area contributed by atoms with Crippen LogP contribution < -0.4 is 4.74 Å². The summed E-state index contributed by atoms with van der Waals surface area (Å²) in [6, 6.07) is 47.1. The smallest absolute Gasteiger partial charge is 0.219 e. The third-order valence-corrected chi connectivity index (χ3v) is 8.86. The summed E-state index contributed by atoms with van der Waals surface area (Å²) < 4.78 is 7.87. The Bertz CT molecular complexity index is 2120. The maximum Gasteiger partial charge on any atom is 0.219 e. The molecule has 0 aliphatic heterocycles. The van der Waals surface area contributed by atoms with Crippen molar-refractivity contribution >= 4 is 0 Å². The molecule has 4 nitrogen and oxygen atoms in total. The topological polar surface area (TPSA) is 39.9 Å². The number of pyridine rings is 1. The van der Waals surface area contributed by atoms with Crippen LogP contribution in [0.25, 0.3) is 39.1 Å². The monoisotopic (exact) mass is 551 g/mol. The zero-order valence-electron chi connectivity index (χ0n) is 23.2. The third kappa shape index (κ3) is 3.44. The van der Waals surface area contributed by atoms with Crippen LogP contribution in [0.4, 0.5) is 0 Å². The van der Waals surface area contributed by atoms with E-state index >= 15 is 0 Å². The van der Waals surface area contributed by atoms with Gasteiger partial charge in [-0.05, 0) is 74.3 Å². The zero-order chi connectivity index (χ0) is 28.4. The number of ether oxygens (including phenoxy) is 1. The number of nitrogens with zero attached hydrogens (tertiary/aromatic N) is 3. The van der Waals surface area contributed by atoms with E-state index in [4.69, 9.17) is 9.84 Å². The van der Waals surface area contributed by atoms with Gasteiger partial charge in [-0.2, -0.15) is 5.10 Å². The van der Waals surface area contributed by atoms with Crippen molar-refractivity contribution in [3.63, 3.8) is 0 Å².